The standard InChI is InChI=1S/C22H20N2O4/c1-27-18-11-9-16(10-12-18)21(25)14-28-22(26)20-13-19(15-7-8-15)23-24(20)17-5-3-2-4-6-17/h2-6,9-13,15H,7-8,14H2,1H3. The summed E-state index contributed by atoms with van der Waals surface area (Å²) in [6, 6.07) is 17.9. The Morgan fingerprint density at radius 3 is 2.43 bits per heavy atom. The quantitative estimate of drug-likeness (QED) is 0.463. The zero-order chi connectivity index (χ0) is 19.5. The van der Waals surface area contributed by atoms with Gasteiger partial charge in [0.05, 0.1) is 18.5 Å². The van der Waals surface area contributed by atoms with Crippen LogP contribution in [0.3, 0.4) is 0 Å². The van der Waals surface area contributed by atoms with Crippen molar-refractivity contribution in [3.8, 4) is 11.4 Å². The van der Waals surface area contributed by atoms with Crippen LogP contribution in [0.15, 0.2) is 60.7 Å². The molecule has 1 aromatic heterocycles. The molecule has 142 valence electrons. The molecule has 1 aliphatic carbocycles. The summed E-state index contributed by atoms with van der Waals surface area (Å²) in [6.07, 6.45) is 2.16. The van der Waals surface area contributed by atoms with Gasteiger partial charge in [-0.3, -0.25) is 4.79 Å². The Bertz CT molecular complexity index is 989. The second-order valence-corrected chi connectivity index (χ2v) is 6.70. The van der Waals surface area contributed by atoms with Crippen molar-refractivity contribution in [3.63, 3.8) is 0 Å². The molecule has 0 saturated heterocycles. The van der Waals surface area contributed by atoms with E-state index in [9.17, 15) is 9.59 Å². The van der Waals surface area contributed by atoms with E-state index in [1.807, 2.05) is 30.3 Å². The molecule has 0 amide bonds. The van der Waals surface area contributed by atoms with Crippen molar-refractivity contribution in [1.82, 2.24) is 9.78 Å². The molecule has 2 aromatic carbocycles. The van der Waals surface area contributed by atoms with Crippen LogP contribution in [0.1, 0.15) is 45.3 Å². The number of carbonyl (C=O) groups excluding carboxylic acids is 2. The fourth-order valence-electron chi connectivity index (χ4n) is 2.95. The first-order valence-electron chi connectivity index (χ1n) is 9.15. The van der Waals surface area contributed by atoms with Crippen molar-refractivity contribution in [3.05, 3.63) is 77.6 Å². The van der Waals surface area contributed by atoms with Gasteiger partial charge in [-0.15, -0.1) is 0 Å². The monoisotopic (exact) mass is 376 g/mol. The minimum Gasteiger partial charge on any atom is -0.497 e. The maximum absolute atomic E-state index is 12.7. The average Bonchev–Trinajstić information content (AvgIpc) is 3.50. The molecule has 0 aliphatic heterocycles. The maximum atomic E-state index is 12.7. The number of carbonyl (C=O) groups is 2. The summed E-state index contributed by atoms with van der Waals surface area (Å²) in [5, 5.41) is 4.58. The number of benzene rings is 2. The lowest BCUT2D eigenvalue weighted by Crippen LogP contribution is -2.17. The topological polar surface area (TPSA) is 70.4 Å². The van der Waals surface area contributed by atoms with E-state index < -0.39 is 5.97 Å². The molecule has 4 rings (SSSR count). The summed E-state index contributed by atoms with van der Waals surface area (Å²) in [7, 11) is 1.56. The van der Waals surface area contributed by atoms with E-state index in [0.29, 0.717) is 22.9 Å². The Morgan fingerprint density at radius 1 is 1.07 bits per heavy atom. The molecule has 0 atom stereocenters. The molecule has 0 N–H and O–H groups in total. The van der Waals surface area contributed by atoms with Crippen LogP contribution in [0.2, 0.25) is 0 Å². The van der Waals surface area contributed by atoms with E-state index >= 15 is 0 Å². The lowest BCUT2D eigenvalue weighted by Gasteiger charge is -2.08. The second kappa shape index (κ2) is 7.68. The first kappa shape index (κ1) is 18.0. The SMILES string of the molecule is COc1ccc(C(=O)COC(=O)c2cc(C3CC3)nn2-c2ccccc2)cc1. The lowest BCUT2D eigenvalue weighted by molar-refractivity contribution is 0.0465. The average molecular weight is 376 g/mol. The van der Waals surface area contributed by atoms with Gasteiger partial charge in [-0.05, 0) is 55.3 Å². The molecule has 0 spiro atoms. The molecule has 0 bridgehead atoms. The Kier molecular flexibility index (Phi) is 4.93. The van der Waals surface area contributed by atoms with Crippen LogP contribution < -0.4 is 4.74 Å². The number of ether oxygens (including phenoxy) is 2. The normalized spacial score (nSPS) is 13.2. The van der Waals surface area contributed by atoms with Crippen molar-refractivity contribution >= 4 is 11.8 Å². The van der Waals surface area contributed by atoms with E-state index in [-0.39, 0.29) is 12.4 Å². The highest BCUT2D eigenvalue weighted by Gasteiger charge is 2.29. The Balaban J connectivity index is 1.50. The first-order valence-corrected chi connectivity index (χ1v) is 9.15. The molecule has 6 nitrogen and oxygen atoms in total. The van der Waals surface area contributed by atoms with Crippen LogP contribution in [0, 0.1) is 0 Å². The van der Waals surface area contributed by atoms with Crippen molar-refractivity contribution in [1.29, 1.82) is 0 Å². The molecule has 0 radical (unpaired) electrons. The Labute approximate surface area is 162 Å². The largest absolute Gasteiger partial charge is 0.497 e. The van der Waals surface area contributed by atoms with Gasteiger partial charge in [0.1, 0.15) is 5.75 Å². The van der Waals surface area contributed by atoms with Gasteiger partial charge in [-0.2, -0.15) is 5.10 Å². The summed E-state index contributed by atoms with van der Waals surface area (Å²) < 4.78 is 12.0. The molecule has 1 heterocycles. The van der Waals surface area contributed by atoms with Crippen molar-refractivity contribution in [2.24, 2.45) is 0 Å². The number of rotatable bonds is 7. The van der Waals surface area contributed by atoms with Gasteiger partial charge in [0.15, 0.2) is 18.1 Å². The number of esters is 1. The van der Waals surface area contributed by atoms with Gasteiger partial charge in [0.2, 0.25) is 0 Å². The molecular formula is C22H20N2O4. The highest BCUT2D eigenvalue weighted by molar-refractivity contribution is 5.99. The Hall–Kier alpha value is -3.41. The minimum absolute atomic E-state index is 0.274. The van der Waals surface area contributed by atoms with Crippen LogP contribution in [-0.2, 0) is 4.74 Å². The van der Waals surface area contributed by atoms with Gasteiger partial charge < -0.3 is 9.47 Å². The summed E-state index contributed by atoms with van der Waals surface area (Å²) in [6.45, 7) is -0.329. The zero-order valence-corrected chi connectivity index (χ0v) is 15.5. The molecule has 3 aromatic rings. The molecule has 1 fully saturated rings. The highest BCUT2D eigenvalue weighted by Crippen LogP contribution is 2.39. The smallest absolute Gasteiger partial charge is 0.357 e. The third-order valence-electron chi connectivity index (χ3n) is 4.68. The van der Waals surface area contributed by atoms with Crippen LogP contribution in [-0.4, -0.2) is 35.2 Å². The molecule has 28 heavy (non-hydrogen) atoms. The zero-order valence-electron chi connectivity index (χ0n) is 15.5. The fraction of sp³-hybridized carbons (Fsp3) is 0.227. The molecular weight excluding hydrogens is 356 g/mol. The predicted molar refractivity (Wildman–Crippen MR) is 103 cm³/mol. The number of methoxy groups -OCH3 is 1. The van der Waals surface area contributed by atoms with E-state index in [1.54, 1.807) is 42.1 Å². The van der Waals surface area contributed by atoms with Gasteiger partial charge in [-0.25, -0.2) is 9.48 Å². The van der Waals surface area contributed by atoms with Gasteiger partial charge in [0, 0.05) is 11.5 Å². The number of hydrogen-bond acceptors (Lipinski definition) is 5. The third-order valence-corrected chi connectivity index (χ3v) is 4.68. The number of nitrogens with zero attached hydrogens (tertiary/aromatic N) is 2. The van der Waals surface area contributed by atoms with Gasteiger partial charge in [-0.1, -0.05) is 18.2 Å². The summed E-state index contributed by atoms with van der Waals surface area (Å²) in [4.78, 5) is 25.0. The number of aromatic nitrogens is 2. The Morgan fingerprint density at radius 2 is 1.79 bits per heavy atom. The van der Waals surface area contributed by atoms with Gasteiger partial charge >= 0.3 is 5.97 Å². The van der Waals surface area contributed by atoms with Gasteiger partial charge in [0.25, 0.3) is 0 Å². The number of Topliss-reactive ketones (excluding diaryl/α,β-unsaturated/α-hetero) is 1. The molecule has 6 heteroatoms. The number of ketones is 1. The van der Waals surface area contributed by atoms with E-state index in [2.05, 4.69) is 5.10 Å². The van der Waals surface area contributed by atoms with Crippen LogP contribution in [0.5, 0.6) is 5.75 Å². The third kappa shape index (κ3) is 3.81. The first-order chi connectivity index (χ1) is 13.7. The number of hydrogen-bond donors (Lipinski definition) is 0. The van der Waals surface area contributed by atoms with E-state index in [0.717, 1.165) is 24.2 Å². The van der Waals surface area contributed by atoms with Crippen LogP contribution in [0.25, 0.3) is 5.69 Å². The number of para-hydroxylation sites is 1. The molecule has 0 unspecified atom stereocenters. The van der Waals surface area contributed by atoms with Crippen LogP contribution >= 0.6 is 0 Å². The predicted octanol–water partition coefficient (Wildman–Crippen LogP) is 3.80. The van der Waals surface area contributed by atoms with Crippen molar-refractivity contribution < 1.29 is 19.1 Å². The second-order valence-electron chi connectivity index (χ2n) is 6.70. The molecule has 1 saturated carbocycles. The minimum atomic E-state index is -0.565. The lowest BCUT2D eigenvalue weighted by atomic mass is 10.1. The summed E-state index contributed by atoms with van der Waals surface area (Å²) in [5.41, 5.74) is 2.46. The fourth-order valence-corrected chi connectivity index (χ4v) is 2.95. The maximum Gasteiger partial charge on any atom is 0.357 e. The summed E-state index contributed by atoms with van der Waals surface area (Å²) >= 11 is 0. The van der Waals surface area contributed by atoms with Crippen LogP contribution in [0.4, 0.5) is 0 Å². The summed E-state index contributed by atoms with van der Waals surface area (Å²) in [5.74, 6) is 0.222. The highest BCUT2D eigenvalue weighted by atomic mass is 16.5. The molecule has 1 aliphatic rings. The van der Waals surface area contributed by atoms with Crippen molar-refractivity contribution in [2.45, 2.75) is 18.8 Å². The van der Waals surface area contributed by atoms with E-state index in [4.69, 9.17) is 9.47 Å². The van der Waals surface area contributed by atoms with Crippen molar-refractivity contribution in [2.75, 3.05) is 13.7 Å². The van der Waals surface area contributed by atoms with E-state index in [1.165, 1.54) is 0 Å².